The lowest BCUT2D eigenvalue weighted by molar-refractivity contribution is 0.102. The van der Waals surface area contributed by atoms with Crippen LogP contribution >= 0.6 is 0 Å². The maximum absolute atomic E-state index is 12.7. The molecule has 7 nitrogen and oxygen atoms in total. The van der Waals surface area contributed by atoms with E-state index in [0.717, 1.165) is 5.56 Å². The summed E-state index contributed by atoms with van der Waals surface area (Å²) in [6.07, 6.45) is 0. The maximum atomic E-state index is 12.7. The maximum Gasteiger partial charge on any atom is 0.349 e. The van der Waals surface area contributed by atoms with E-state index in [9.17, 15) is 9.59 Å². The molecule has 0 spiro atoms. The van der Waals surface area contributed by atoms with Crippen molar-refractivity contribution in [3.8, 4) is 11.5 Å². The van der Waals surface area contributed by atoms with Gasteiger partial charge in [0.2, 0.25) is 5.75 Å². The van der Waals surface area contributed by atoms with Crippen LogP contribution in [0.3, 0.4) is 0 Å². The molecular weight excluding hydrogens is 396 g/mol. The standard InChI is InChI=1S/C24H28N2O5/c1-14(2)13-30-21-19(29-5)11-6-15-12-18(23(28)31-20(15)21)22(27)26-17-9-7-16(8-10-17)24(3,4)25/h6-12,14H,13,25H2,1-5H3,(H,26,27). The number of carbonyl (C=O) groups is 1. The number of carbonyl (C=O) groups excluding carboxylic acids is 1. The number of amides is 1. The second kappa shape index (κ2) is 8.81. The SMILES string of the molecule is COc1ccc2cc(C(=O)Nc3ccc(C(C)(C)N)cc3)c(=O)oc2c1OCC(C)C. The van der Waals surface area contributed by atoms with Gasteiger partial charge in [-0.25, -0.2) is 4.79 Å². The monoisotopic (exact) mass is 424 g/mol. The van der Waals surface area contributed by atoms with Gasteiger partial charge in [0.25, 0.3) is 5.91 Å². The second-order valence-corrected chi connectivity index (χ2v) is 8.42. The third kappa shape index (κ3) is 5.06. The van der Waals surface area contributed by atoms with Gasteiger partial charge < -0.3 is 24.9 Å². The van der Waals surface area contributed by atoms with Crippen molar-refractivity contribution in [2.75, 3.05) is 19.0 Å². The molecule has 31 heavy (non-hydrogen) atoms. The van der Waals surface area contributed by atoms with E-state index in [4.69, 9.17) is 19.6 Å². The van der Waals surface area contributed by atoms with Crippen molar-refractivity contribution in [3.05, 3.63) is 64.0 Å². The lowest BCUT2D eigenvalue weighted by atomic mass is 9.95. The highest BCUT2D eigenvalue weighted by molar-refractivity contribution is 6.05. The van der Waals surface area contributed by atoms with Crippen LogP contribution in [-0.4, -0.2) is 19.6 Å². The summed E-state index contributed by atoms with van der Waals surface area (Å²) < 4.78 is 16.6. The number of rotatable bonds is 7. The number of benzene rings is 2. The van der Waals surface area contributed by atoms with Crippen molar-refractivity contribution >= 4 is 22.6 Å². The molecule has 3 rings (SSSR count). The van der Waals surface area contributed by atoms with Gasteiger partial charge in [-0.3, -0.25) is 4.79 Å². The van der Waals surface area contributed by atoms with Gasteiger partial charge in [-0.15, -0.1) is 0 Å². The van der Waals surface area contributed by atoms with Crippen molar-refractivity contribution in [1.82, 2.24) is 0 Å². The van der Waals surface area contributed by atoms with Gasteiger partial charge in [0.1, 0.15) is 5.56 Å². The Morgan fingerprint density at radius 2 is 1.84 bits per heavy atom. The summed E-state index contributed by atoms with van der Waals surface area (Å²) in [6.45, 7) is 8.25. The van der Waals surface area contributed by atoms with Crippen molar-refractivity contribution in [2.24, 2.45) is 11.7 Å². The molecule has 0 saturated heterocycles. The van der Waals surface area contributed by atoms with Crippen LogP contribution in [0.5, 0.6) is 11.5 Å². The molecule has 0 fully saturated rings. The minimum Gasteiger partial charge on any atom is -0.493 e. The number of hydrogen-bond donors (Lipinski definition) is 2. The van der Waals surface area contributed by atoms with E-state index in [0.29, 0.717) is 29.2 Å². The molecule has 1 amide bonds. The number of anilines is 1. The van der Waals surface area contributed by atoms with Gasteiger partial charge in [-0.2, -0.15) is 0 Å². The Balaban J connectivity index is 1.93. The molecule has 164 valence electrons. The minimum absolute atomic E-state index is 0.101. The molecule has 0 aliphatic rings. The summed E-state index contributed by atoms with van der Waals surface area (Å²) in [5, 5.41) is 3.28. The highest BCUT2D eigenvalue weighted by atomic mass is 16.5. The van der Waals surface area contributed by atoms with Crippen LogP contribution in [0.4, 0.5) is 5.69 Å². The zero-order chi connectivity index (χ0) is 22.8. The summed E-state index contributed by atoms with van der Waals surface area (Å²) in [4.78, 5) is 25.3. The summed E-state index contributed by atoms with van der Waals surface area (Å²) in [5.74, 6) is 0.512. The van der Waals surface area contributed by atoms with E-state index in [-0.39, 0.29) is 17.1 Å². The van der Waals surface area contributed by atoms with Gasteiger partial charge >= 0.3 is 5.63 Å². The first-order valence-electron chi connectivity index (χ1n) is 10.1. The summed E-state index contributed by atoms with van der Waals surface area (Å²) in [5.41, 5.74) is 6.46. The van der Waals surface area contributed by atoms with Crippen molar-refractivity contribution in [3.63, 3.8) is 0 Å². The third-order valence-corrected chi connectivity index (χ3v) is 4.73. The average Bonchev–Trinajstić information content (AvgIpc) is 2.71. The van der Waals surface area contributed by atoms with Crippen LogP contribution in [0.25, 0.3) is 11.0 Å². The molecule has 0 unspecified atom stereocenters. The summed E-state index contributed by atoms with van der Waals surface area (Å²) in [7, 11) is 1.51. The number of methoxy groups -OCH3 is 1. The highest BCUT2D eigenvalue weighted by Crippen LogP contribution is 2.35. The van der Waals surface area contributed by atoms with Gasteiger partial charge in [-0.1, -0.05) is 26.0 Å². The Labute approximate surface area is 181 Å². The molecule has 0 aliphatic heterocycles. The smallest absolute Gasteiger partial charge is 0.349 e. The average molecular weight is 424 g/mol. The molecule has 2 aromatic carbocycles. The first kappa shape index (κ1) is 22.4. The summed E-state index contributed by atoms with van der Waals surface area (Å²) in [6, 6.07) is 12.1. The Morgan fingerprint density at radius 3 is 2.42 bits per heavy atom. The van der Waals surface area contributed by atoms with Crippen molar-refractivity contribution < 1.29 is 18.7 Å². The van der Waals surface area contributed by atoms with Gasteiger partial charge in [0.05, 0.1) is 13.7 Å². The topological polar surface area (TPSA) is 104 Å². The molecule has 3 aromatic rings. The largest absolute Gasteiger partial charge is 0.493 e. The fourth-order valence-electron chi connectivity index (χ4n) is 3.03. The normalized spacial score (nSPS) is 11.6. The lowest BCUT2D eigenvalue weighted by Crippen LogP contribution is -2.28. The molecule has 7 heteroatoms. The molecule has 1 aromatic heterocycles. The van der Waals surface area contributed by atoms with Gasteiger partial charge in [0, 0.05) is 16.6 Å². The fraction of sp³-hybridized carbons (Fsp3) is 0.333. The Morgan fingerprint density at radius 1 is 1.16 bits per heavy atom. The number of fused-ring (bicyclic) bond motifs is 1. The van der Waals surface area contributed by atoms with Crippen LogP contribution in [0.1, 0.15) is 43.6 Å². The number of nitrogens with one attached hydrogen (secondary N) is 1. The molecule has 0 bridgehead atoms. The quantitative estimate of drug-likeness (QED) is 0.549. The predicted octanol–water partition coefficient (Wildman–Crippen LogP) is 4.28. The number of hydrogen-bond acceptors (Lipinski definition) is 6. The zero-order valence-corrected chi connectivity index (χ0v) is 18.4. The highest BCUT2D eigenvalue weighted by Gasteiger charge is 2.19. The number of nitrogens with two attached hydrogens (primary N) is 1. The molecule has 0 saturated carbocycles. The molecule has 0 atom stereocenters. The van der Waals surface area contributed by atoms with E-state index in [1.165, 1.54) is 13.2 Å². The zero-order valence-electron chi connectivity index (χ0n) is 18.4. The lowest BCUT2D eigenvalue weighted by Gasteiger charge is -2.19. The molecule has 1 heterocycles. The van der Waals surface area contributed by atoms with Crippen LogP contribution in [0.2, 0.25) is 0 Å². The third-order valence-electron chi connectivity index (χ3n) is 4.73. The van der Waals surface area contributed by atoms with E-state index in [1.807, 2.05) is 39.8 Å². The molecule has 3 N–H and O–H groups in total. The van der Waals surface area contributed by atoms with E-state index >= 15 is 0 Å². The van der Waals surface area contributed by atoms with E-state index in [1.54, 1.807) is 24.3 Å². The first-order valence-corrected chi connectivity index (χ1v) is 10.1. The fourth-order valence-corrected chi connectivity index (χ4v) is 3.03. The van der Waals surface area contributed by atoms with Gasteiger partial charge in [-0.05, 0) is 55.7 Å². The van der Waals surface area contributed by atoms with Crippen molar-refractivity contribution in [1.29, 1.82) is 0 Å². The van der Waals surface area contributed by atoms with Crippen molar-refractivity contribution in [2.45, 2.75) is 33.2 Å². The molecule has 0 radical (unpaired) electrons. The van der Waals surface area contributed by atoms with E-state index in [2.05, 4.69) is 5.32 Å². The van der Waals surface area contributed by atoms with E-state index < -0.39 is 17.1 Å². The predicted molar refractivity (Wildman–Crippen MR) is 121 cm³/mol. The summed E-state index contributed by atoms with van der Waals surface area (Å²) >= 11 is 0. The number of ether oxygens (including phenoxy) is 2. The van der Waals surface area contributed by atoms with Crippen LogP contribution in [-0.2, 0) is 5.54 Å². The minimum atomic E-state index is -0.757. The van der Waals surface area contributed by atoms with Crippen LogP contribution in [0, 0.1) is 5.92 Å². The Kier molecular flexibility index (Phi) is 6.36. The van der Waals surface area contributed by atoms with Gasteiger partial charge in [0.15, 0.2) is 11.3 Å². The molecular formula is C24H28N2O5. The Hall–Kier alpha value is -3.32. The molecule has 0 aliphatic carbocycles. The first-order chi connectivity index (χ1) is 14.6. The van der Waals surface area contributed by atoms with Crippen LogP contribution < -0.4 is 26.1 Å². The van der Waals surface area contributed by atoms with Crippen LogP contribution in [0.15, 0.2) is 51.7 Å². The second-order valence-electron chi connectivity index (χ2n) is 8.42. The Bertz CT molecular complexity index is 1140.